The minimum absolute atomic E-state index is 0.101. The molecule has 0 bridgehead atoms. The van der Waals surface area contributed by atoms with Crippen LogP contribution in [-0.2, 0) is 16.1 Å². The van der Waals surface area contributed by atoms with E-state index in [1.165, 1.54) is 0 Å². The van der Waals surface area contributed by atoms with E-state index < -0.39 is 6.04 Å². The summed E-state index contributed by atoms with van der Waals surface area (Å²) in [4.78, 5) is 27.5. The quantitative estimate of drug-likeness (QED) is 0.842. The van der Waals surface area contributed by atoms with Crippen LogP contribution < -0.4 is 5.32 Å². The van der Waals surface area contributed by atoms with Crippen molar-refractivity contribution in [2.75, 3.05) is 0 Å². The molecule has 3 atom stereocenters. The summed E-state index contributed by atoms with van der Waals surface area (Å²) < 4.78 is 0. The first kappa shape index (κ1) is 16.8. The maximum absolute atomic E-state index is 13.1. The van der Waals surface area contributed by atoms with Crippen LogP contribution in [0.25, 0.3) is 0 Å². The normalized spacial score (nSPS) is 22.5. The van der Waals surface area contributed by atoms with Gasteiger partial charge in [0, 0.05) is 12.6 Å². The van der Waals surface area contributed by atoms with Gasteiger partial charge in [0.25, 0.3) is 0 Å². The van der Waals surface area contributed by atoms with Gasteiger partial charge in [0.05, 0.1) is 5.92 Å². The van der Waals surface area contributed by atoms with Crippen LogP contribution in [0.15, 0.2) is 54.6 Å². The molecule has 4 rings (SSSR count). The Bertz CT molecular complexity index is 801. The van der Waals surface area contributed by atoms with Gasteiger partial charge < -0.3 is 10.2 Å². The number of amides is 2. The smallest absolute Gasteiger partial charge is 0.247 e. The SMILES string of the molecule is Cc1ccc(C(C(=O)NCc2ccccc2)N2C(=O)[C@@H]3CCC[C@@H]32)cc1. The van der Waals surface area contributed by atoms with Gasteiger partial charge in [-0.25, -0.2) is 0 Å². The van der Waals surface area contributed by atoms with Crippen LogP contribution in [0.2, 0.25) is 0 Å². The van der Waals surface area contributed by atoms with E-state index in [0.717, 1.165) is 36.0 Å². The van der Waals surface area contributed by atoms with Crippen LogP contribution in [0, 0.1) is 12.8 Å². The van der Waals surface area contributed by atoms with E-state index in [0.29, 0.717) is 6.54 Å². The molecule has 1 heterocycles. The fraction of sp³-hybridized carbons (Fsp3) is 0.364. The minimum atomic E-state index is -0.536. The van der Waals surface area contributed by atoms with Gasteiger partial charge >= 0.3 is 0 Å². The summed E-state index contributed by atoms with van der Waals surface area (Å²) >= 11 is 0. The molecule has 2 aromatic rings. The average molecular weight is 348 g/mol. The predicted octanol–water partition coefficient (Wildman–Crippen LogP) is 3.36. The van der Waals surface area contributed by atoms with Gasteiger partial charge in [0.15, 0.2) is 0 Å². The third-order valence-electron chi connectivity index (χ3n) is 5.64. The molecule has 0 spiro atoms. The number of rotatable bonds is 5. The number of aryl methyl sites for hydroxylation is 1. The van der Waals surface area contributed by atoms with Crippen LogP contribution >= 0.6 is 0 Å². The zero-order valence-corrected chi connectivity index (χ0v) is 15.0. The number of fused-ring (bicyclic) bond motifs is 1. The van der Waals surface area contributed by atoms with Crippen molar-refractivity contribution in [2.24, 2.45) is 5.92 Å². The van der Waals surface area contributed by atoms with E-state index in [9.17, 15) is 9.59 Å². The monoisotopic (exact) mass is 348 g/mol. The number of hydrogen-bond donors (Lipinski definition) is 1. The van der Waals surface area contributed by atoms with Crippen LogP contribution in [0.5, 0.6) is 0 Å². The molecule has 26 heavy (non-hydrogen) atoms. The highest BCUT2D eigenvalue weighted by Gasteiger charge is 2.53. The molecule has 134 valence electrons. The van der Waals surface area contributed by atoms with E-state index in [2.05, 4.69) is 5.32 Å². The van der Waals surface area contributed by atoms with Crippen molar-refractivity contribution in [1.82, 2.24) is 10.2 Å². The third-order valence-corrected chi connectivity index (χ3v) is 5.64. The highest BCUT2D eigenvalue weighted by Crippen LogP contribution is 2.45. The summed E-state index contributed by atoms with van der Waals surface area (Å²) in [5.41, 5.74) is 3.09. The number of carbonyl (C=O) groups excluding carboxylic acids is 2. The van der Waals surface area contributed by atoms with Gasteiger partial charge in [-0.3, -0.25) is 9.59 Å². The van der Waals surface area contributed by atoms with Crippen LogP contribution in [0.1, 0.15) is 42.0 Å². The van der Waals surface area contributed by atoms with Crippen molar-refractivity contribution in [1.29, 1.82) is 0 Å². The highest BCUT2D eigenvalue weighted by molar-refractivity contribution is 5.93. The first-order valence-corrected chi connectivity index (χ1v) is 9.35. The van der Waals surface area contributed by atoms with Crippen molar-refractivity contribution >= 4 is 11.8 Å². The Morgan fingerprint density at radius 2 is 1.85 bits per heavy atom. The Labute approximate surface area is 154 Å². The minimum Gasteiger partial charge on any atom is -0.350 e. The van der Waals surface area contributed by atoms with E-state index in [1.807, 2.05) is 66.4 Å². The van der Waals surface area contributed by atoms with E-state index in [4.69, 9.17) is 0 Å². The summed E-state index contributed by atoms with van der Waals surface area (Å²) in [7, 11) is 0. The average Bonchev–Trinajstić information content (AvgIpc) is 3.10. The Morgan fingerprint density at radius 1 is 1.12 bits per heavy atom. The van der Waals surface area contributed by atoms with Crippen molar-refractivity contribution in [2.45, 2.75) is 44.8 Å². The van der Waals surface area contributed by atoms with Gasteiger partial charge in [0.1, 0.15) is 6.04 Å². The summed E-state index contributed by atoms with van der Waals surface area (Å²) in [6.07, 6.45) is 3.04. The maximum Gasteiger partial charge on any atom is 0.247 e. The summed E-state index contributed by atoms with van der Waals surface area (Å²) in [5, 5.41) is 3.03. The second-order valence-corrected chi connectivity index (χ2v) is 7.37. The predicted molar refractivity (Wildman–Crippen MR) is 100 cm³/mol. The molecule has 1 N–H and O–H groups in total. The number of benzene rings is 2. The van der Waals surface area contributed by atoms with Gasteiger partial charge in [-0.05, 0) is 30.9 Å². The fourth-order valence-electron chi connectivity index (χ4n) is 4.22. The van der Waals surface area contributed by atoms with Crippen LogP contribution in [0.4, 0.5) is 0 Å². The number of likely N-dealkylation sites (tertiary alicyclic amines) is 1. The molecule has 1 saturated carbocycles. The van der Waals surface area contributed by atoms with E-state index in [-0.39, 0.29) is 23.8 Å². The zero-order valence-electron chi connectivity index (χ0n) is 15.0. The molecule has 4 heteroatoms. The lowest BCUT2D eigenvalue weighted by atomic mass is 9.86. The Hall–Kier alpha value is -2.62. The largest absolute Gasteiger partial charge is 0.350 e. The summed E-state index contributed by atoms with van der Waals surface area (Å²) in [6.45, 7) is 2.49. The van der Waals surface area contributed by atoms with Crippen molar-refractivity contribution in [3.8, 4) is 0 Å². The Kier molecular flexibility index (Phi) is 4.49. The Balaban J connectivity index is 1.57. The van der Waals surface area contributed by atoms with Crippen molar-refractivity contribution < 1.29 is 9.59 Å². The molecule has 2 aromatic carbocycles. The lowest BCUT2D eigenvalue weighted by Crippen LogP contribution is -2.61. The van der Waals surface area contributed by atoms with Gasteiger partial charge in [0.2, 0.25) is 11.8 Å². The number of hydrogen-bond acceptors (Lipinski definition) is 2. The first-order chi connectivity index (χ1) is 12.6. The standard InChI is InChI=1S/C22H24N2O2/c1-15-10-12-17(13-11-15)20(24-19-9-5-8-18(19)22(24)26)21(25)23-14-16-6-3-2-4-7-16/h2-4,6-7,10-13,18-20H,5,8-9,14H2,1H3,(H,23,25)/t18-,19+,20?/m1/s1. The van der Waals surface area contributed by atoms with Crippen molar-refractivity contribution in [3.05, 3.63) is 71.3 Å². The first-order valence-electron chi connectivity index (χ1n) is 9.35. The van der Waals surface area contributed by atoms with Crippen LogP contribution in [0.3, 0.4) is 0 Å². The second-order valence-electron chi connectivity index (χ2n) is 7.37. The molecule has 2 aliphatic rings. The van der Waals surface area contributed by atoms with Gasteiger partial charge in [-0.15, -0.1) is 0 Å². The number of β-lactam (4-membered cyclic amide) rings is 1. The topological polar surface area (TPSA) is 49.4 Å². The van der Waals surface area contributed by atoms with E-state index in [1.54, 1.807) is 0 Å². The van der Waals surface area contributed by atoms with Gasteiger partial charge in [-0.2, -0.15) is 0 Å². The highest BCUT2D eigenvalue weighted by atomic mass is 16.2. The Morgan fingerprint density at radius 3 is 2.58 bits per heavy atom. The molecule has 2 fully saturated rings. The molecule has 1 unspecified atom stereocenters. The lowest BCUT2D eigenvalue weighted by Gasteiger charge is -2.47. The zero-order chi connectivity index (χ0) is 18.1. The third kappa shape index (κ3) is 3.00. The van der Waals surface area contributed by atoms with Gasteiger partial charge in [-0.1, -0.05) is 66.6 Å². The number of nitrogens with one attached hydrogen (secondary N) is 1. The molecular formula is C22H24N2O2. The van der Waals surface area contributed by atoms with E-state index >= 15 is 0 Å². The molecule has 0 radical (unpaired) electrons. The van der Waals surface area contributed by atoms with Crippen molar-refractivity contribution in [3.63, 3.8) is 0 Å². The molecular weight excluding hydrogens is 324 g/mol. The fourth-order valence-corrected chi connectivity index (χ4v) is 4.22. The molecule has 0 aromatic heterocycles. The molecule has 2 amide bonds. The molecule has 1 aliphatic heterocycles. The second kappa shape index (κ2) is 6.94. The number of carbonyl (C=O) groups is 2. The summed E-state index contributed by atoms with van der Waals surface area (Å²) in [6, 6.07) is 17.5. The molecule has 1 saturated heterocycles. The lowest BCUT2D eigenvalue weighted by molar-refractivity contribution is -0.162. The van der Waals surface area contributed by atoms with Crippen LogP contribution in [-0.4, -0.2) is 22.8 Å². The molecule has 4 nitrogen and oxygen atoms in total. The summed E-state index contributed by atoms with van der Waals surface area (Å²) in [5.74, 6) is 0.161. The maximum atomic E-state index is 13.1. The number of nitrogens with zero attached hydrogens (tertiary/aromatic N) is 1. The molecule has 1 aliphatic carbocycles.